The van der Waals surface area contributed by atoms with Crippen molar-refractivity contribution in [2.75, 3.05) is 11.4 Å². The van der Waals surface area contributed by atoms with Crippen molar-refractivity contribution >= 4 is 34.2 Å². The van der Waals surface area contributed by atoms with E-state index in [0.29, 0.717) is 34.0 Å². The monoisotopic (exact) mass is 342 g/mol. The van der Waals surface area contributed by atoms with Crippen LogP contribution in [0.25, 0.3) is 16.7 Å². The number of carbonyl (C=O) groups excluding carboxylic acids is 1. The highest BCUT2D eigenvalue weighted by Crippen LogP contribution is 2.28. The topological polar surface area (TPSA) is 71.2 Å². The third-order valence-electron chi connectivity index (χ3n) is 3.59. The summed E-state index contributed by atoms with van der Waals surface area (Å²) in [5.74, 6) is -0.267. The van der Waals surface area contributed by atoms with Crippen molar-refractivity contribution < 1.29 is 9.90 Å². The van der Waals surface area contributed by atoms with E-state index in [1.807, 2.05) is 6.92 Å². The number of halogens is 1. The average Bonchev–Trinajstić information content (AvgIpc) is 2.98. The Morgan fingerprint density at radius 3 is 2.71 bits per heavy atom. The molecule has 7 heteroatoms. The largest absolute Gasteiger partial charge is 0.506 e. The quantitative estimate of drug-likeness (QED) is 0.738. The third kappa shape index (κ3) is 2.83. The predicted octanol–water partition coefficient (Wildman–Crippen LogP) is 3.32. The van der Waals surface area contributed by atoms with Crippen LogP contribution in [0.3, 0.4) is 0 Å². The van der Waals surface area contributed by atoms with E-state index in [-0.39, 0.29) is 11.7 Å². The maximum atomic E-state index is 11.8. The molecule has 6 nitrogen and oxygen atoms in total. The van der Waals surface area contributed by atoms with E-state index in [4.69, 9.17) is 11.6 Å². The summed E-state index contributed by atoms with van der Waals surface area (Å²) in [7, 11) is 0. The lowest BCUT2D eigenvalue weighted by atomic mass is 10.2. The number of aromatic nitrogens is 3. The minimum absolute atomic E-state index is 0.0331. The van der Waals surface area contributed by atoms with E-state index in [9.17, 15) is 9.90 Å². The number of amides is 1. The van der Waals surface area contributed by atoms with Gasteiger partial charge in [-0.3, -0.25) is 4.79 Å². The molecule has 0 atom stereocenters. The van der Waals surface area contributed by atoms with Crippen LogP contribution in [0.5, 0.6) is 5.75 Å². The molecule has 0 radical (unpaired) electrons. The fraction of sp³-hybridized carbons (Fsp3) is 0.118. The highest BCUT2D eigenvalue weighted by Gasteiger charge is 2.15. The Kier molecular flexibility index (Phi) is 4.22. The molecule has 0 aliphatic carbocycles. The van der Waals surface area contributed by atoms with E-state index in [2.05, 4.69) is 16.8 Å². The lowest BCUT2D eigenvalue weighted by Gasteiger charge is -2.19. The molecule has 1 aromatic heterocycles. The van der Waals surface area contributed by atoms with E-state index in [0.717, 1.165) is 0 Å². The van der Waals surface area contributed by atoms with Crippen molar-refractivity contribution in [1.29, 1.82) is 0 Å². The molecule has 0 unspecified atom stereocenters. The maximum absolute atomic E-state index is 11.8. The molecule has 0 fully saturated rings. The molecule has 1 heterocycles. The molecule has 122 valence electrons. The first-order chi connectivity index (χ1) is 11.5. The van der Waals surface area contributed by atoms with Crippen LogP contribution >= 0.6 is 11.6 Å². The standard InChI is InChI=1S/C17H15ClN4O2/c1-3-17(24)21(4-2)12-6-8-15(16(23)10-12)22-19-13-7-5-11(18)9-14(13)20-22/h3,5-10,23H,1,4H2,2H3. The van der Waals surface area contributed by atoms with Crippen molar-refractivity contribution in [1.82, 2.24) is 15.0 Å². The highest BCUT2D eigenvalue weighted by molar-refractivity contribution is 6.31. The first-order valence-electron chi connectivity index (χ1n) is 7.33. The summed E-state index contributed by atoms with van der Waals surface area (Å²) in [6.07, 6.45) is 1.24. The van der Waals surface area contributed by atoms with E-state index < -0.39 is 0 Å². The summed E-state index contributed by atoms with van der Waals surface area (Å²) in [5.41, 5.74) is 2.28. The molecule has 0 spiro atoms. The Bertz CT molecular complexity index is 935. The van der Waals surface area contributed by atoms with Crippen LogP contribution < -0.4 is 4.90 Å². The molecule has 0 aliphatic heterocycles. The van der Waals surface area contributed by atoms with Gasteiger partial charge in [0.25, 0.3) is 0 Å². The lowest BCUT2D eigenvalue weighted by molar-refractivity contribution is -0.114. The van der Waals surface area contributed by atoms with Gasteiger partial charge in [-0.25, -0.2) is 0 Å². The number of nitrogens with zero attached hydrogens (tertiary/aromatic N) is 4. The van der Waals surface area contributed by atoms with Gasteiger partial charge < -0.3 is 10.0 Å². The van der Waals surface area contributed by atoms with Crippen LogP contribution in [0.15, 0.2) is 49.1 Å². The molecular formula is C17H15ClN4O2. The number of anilines is 1. The number of aromatic hydroxyl groups is 1. The van der Waals surface area contributed by atoms with Crippen molar-refractivity contribution in [2.24, 2.45) is 0 Å². The van der Waals surface area contributed by atoms with Gasteiger partial charge in [-0.1, -0.05) is 18.2 Å². The minimum atomic E-state index is -0.234. The SMILES string of the molecule is C=CC(=O)N(CC)c1ccc(-n2nc3ccc(Cl)cc3n2)c(O)c1. The second-order valence-corrected chi connectivity index (χ2v) is 5.52. The molecule has 3 aromatic rings. The zero-order valence-electron chi connectivity index (χ0n) is 13.0. The average molecular weight is 343 g/mol. The number of likely N-dealkylation sites (N-methyl/N-ethyl adjacent to an activating group) is 1. The number of rotatable bonds is 4. The molecule has 0 aliphatic rings. The van der Waals surface area contributed by atoms with Crippen molar-refractivity contribution in [3.63, 3.8) is 0 Å². The Hall–Kier alpha value is -2.86. The number of hydrogen-bond acceptors (Lipinski definition) is 4. The van der Waals surface area contributed by atoms with Gasteiger partial charge in [0.1, 0.15) is 22.5 Å². The van der Waals surface area contributed by atoms with Crippen LogP contribution in [0.2, 0.25) is 5.02 Å². The molecule has 0 saturated heterocycles. The van der Waals surface area contributed by atoms with Gasteiger partial charge in [0.15, 0.2) is 0 Å². The summed E-state index contributed by atoms with van der Waals surface area (Å²) in [5, 5.41) is 19.5. The second kappa shape index (κ2) is 6.33. The van der Waals surface area contributed by atoms with Gasteiger partial charge in [0, 0.05) is 23.3 Å². The molecular weight excluding hydrogens is 328 g/mol. The fourth-order valence-corrected chi connectivity index (χ4v) is 2.59. The summed E-state index contributed by atoms with van der Waals surface area (Å²) < 4.78 is 0. The Morgan fingerprint density at radius 1 is 1.29 bits per heavy atom. The van der Waals surface area contributed by atoms with Crippen LogP contribution in [-0.2, 0) is 4.79 Å². The lowest BCUT2D eigenvalue weighted by Crippen LogP contribution is -2.28. The number of carbonyl (C=O) groups is 1. The molecule has 24 heavy (non-hydrogen) atoms. The van der Waals surface area contributed by atoms with E-state index in [1.165, 1.54) is 21.8 Å². The molecule has 1 N–H and O–H groups in total. The third-order valence-corrected chi connectivity index (χ3v) is 3.82. The smallest absolute Gasteiger partial charge is 0.250 e. The number of phenolic OH excluding ortho intramolecular Hbond substituents is 1. The second-order valence-electron chi connectivity index (χ2n) is 5.08. The van der Waals surface area contributed by atoms with Crippen LogP contribution in [0.1, 0.15) is 6.92 Å². The summed E-state index contributed by atoms with van der Waals surface area (Å²) in [6, 6.07) is 10.1. The first kappa shape index (κ1) is 16.0. The zero-order valence-corrected chi connectivity index (χ0v) is 13.7. The van der Waals surface area contributed by atoms with Crippen LogP contribution in [0.4, 0.5) is 5.69 Å². The first-order valence-corrected chi connectivity index (χ1v) is 7.71. The van der Waals surface area contributed by atoms with Gasteiger partial charge in [-0.15, -0.1) is 15.0 Å². The molecule has 3 rings (SSSR count). The molecule has 1 amide bonds. The Balaban J connectivity index is 2.02. The van der Waals surface area contributed by atoms with E-state index >= 15 is 0 Å². The Labute approximate surface area is 143 Å². The molecule has 0 bridgehead atoms. The zero-order chi connectivity index (χ0) is 17.3. The van der Waals surface area contributed by atoms with Gasteiger partial charge in [-0.05, 0) is 43.3 Å². The summed E-state index contributed by atoms with van der Waals surface area (Å²) >= 11 is 5.95. The Morgan fingerprint density at radius 2 is 2.04 bits per heavy atom. The van der Waals surface area contributed by atoms with Crippen molar-refractivity contribution in [3.8, 4) is 11.4 Å². The van der Waals surface area contributed by atoms with Gasteiger partial charge in [-0.2, -0.15) is 0 Å². The molecule has 0 saturated carbocycles. The fourth-order valence-electron chi connectivity index (χ4n) is 2.42. The predicted molar refractivity (Wildman–Crippen MR) is 93.8 cm³/mol. The highest BCUT2D eigenvalue weighted by atomic mass is 35.5. The van der Waals surface area contributed by atoms with Gasteiger partial charge in [0.2, 0.25) is 5.91 Å². The number of fused-ring (bicyclic) bond motifs is 1. The number of phenols is 1. The summed E-state index contributed by atoms with van der Waals surface area (Å²) in [4.78, 5) is 14.7. The molecule has 2 aromatic carbocycles. The number of benzene rings is 2. The van der Waals surface area contributed by atoms with E-state index in [1.54, 1.807) is 30.3 Å². The summed E-state index contributed by atoms with van der Waals surface area (Å²) in [6.45, 7) is 5.79. The minimum Gasteiger partial charge on any atom is -0.506 e. The van der Waals surface area contributed by atoms with Crippen molar-refractivity contribution in [3.05, 3.63) is 54.1 Å². The maximum Gasteiger partial charge on any atom is 0.250 e. The van der Waals surface area contributed by atoms with Crippen LogP contribution in [-0.4, -0.2) is 32.6 Å². The normalized spacial score (nSPS) is 10.8. The van der Waals surface area contributed by atoms with Crippen LogP contribution in [0, 0.1) is 0 Å². The van der Waals surface area contributed by atoms with Gasteiger partial charge >= 0.3 is 0 Å². The van der Waals surface area contributed by atoms with Gasteiger partial charge in [0.05, 0.1) is 0 Å². The van der Waals surface area contributed by atoms with Crippen molar-refractivity contribution in [2.45, 2.75) is 6.92 Å². The number of hydrogen-bond donors (Lipinski definition) is 1.